The summed E-state index contributed by atoms with van der Waals surface area (Å²) < 4.78 is 0. The van der Waals surface area contributed by atoms with Crippen LogP contribution >= 0.6 is 0 Å². The van der Waals surface area contributed by atoms with E-state index >= 15 is 0 Å². The average Bonchev–Trinajstić information content (AvgIpc) is 2.70. The number of nitrogens with one attached hydrogen (secondary N) is 2. The molecule has 0 aliphatic carbocycles. The van der Waals surface area contributed by atoms with Crippen molar-refractivity contribution in [3.63, 3.8) is 0 Å². The van der Waals surface area contributed by atoms with Gasteiger partial charge in [0.15, 0.2) is 0 Å². The van der Waals surface area contributed by atoms with Crippen molar-refractivity contribution in [1.29, 1.82) is 0 Å². The lowest BCUT2D eigenvalue weighted by molar-refractivity contribution is -0.124. The Kier molecular flexibility index (Phi) is 7.64. The van der Waals surface area contributed by atoms with Gasteiger partial charge in [-0.25, -0.2) is 4.79 Å². The molecule has 148 valence electrons. The molecule has 1 aliphatic rings. The summed E-state index contributed by atoms with van der Waals surface area (Å²) in [5, 5.41) is 5.33. The molecular weight excluding hydrogens is 344 g/mol. The summed E-state index contributed by atoms with van der Waals surface area (Å²) in [6.45, 7) is 5.80. The summed E-state index contributed by atoms with van der Waals surface area (Å²) in [4.78, 5) is 37.9. The van der Waals surface area contributed by atoms with Crippen molar-refractivity contribution >= 4 is 17.8 Å². The standard InChI is InChI=1S/C20H30N4O3/c1-3-14(2)17(23-20(21)27)18(25)22-13-15-7-9-16(10-8-15)19(26)24-11-5-4-6-12-24/h7-10,14,17H,3-6,11-13H2,1-2H3,(H,22,25)(H3,21,23,27). The fourth-order valence-electron chi connectivity index (χ4n) is 3.20. The Morgan fingerprint density at radius 3 is 2.30 bits per heavy atom. The molecule has 1 saturated heterocycles. The number of primary amides is 1. The van der Waals surface area contributed by atoms with Gasteiger partial charge in [0.05, 0.1) is 0 Å². The lowest BCUT2D eigenvalue weighted by Gasteiger charge is -2.26. The Morgan fingerprint density at radius 1 is 1.11 bits per heavy atom. The molecule has 2 atom stereocenters. The number of hydrogen-bond acceptors (Lipinski definition) is 3. The zero-order chi connectivity index (χ0) is 19.8. The second-order valence-electron chi connectivity index (χ2n) is 7.14. The quantitative estimate of drug-likeness (QED) is 0.680. The zero-order valence-corrected chi connectivity index (χ0v) is 16.2. The number of likely N-dealkylation sites (tertiary alicyclic amines) is 1. The van der Waals surface area contributed by atoms with Gasteiger partial charge in [0.1, 0.15) is 6.04 Å². The molecule has 2 unspecified atom stereocenters. The number of piperidine rings is 1. The first-order chi connectivity index (χ1) is 12.9. The second kappa shape index (κ2) is 9.94. The highest BCUT2D eigenvalue weighted by Crippen LogP contribution is 2.14. The van der Waals surface area contributed by atoms with E-state index in [0.29, 0.717) is 12.1 Å². The molecule has 0 saturated carbocycles. The number of urea groups is 1. The smallest absolute Gasteiger partial charge is 0.312 e. The number of carbonyl (C=O) groups is 3. The number of carbonyl (C=O) groups excluding carboxylic acids is 3. The first-order valence-corrected chi connectivity index (χ1v) is 9.64. The maximum atomic E-state index is 12.5. The average molecular weight is 374 g/mol. The molecule has 1 fully saturated rings. The summed E-state index contributed by atoms with van der Waals surface area (Å²) in [5.74, 6) is -0.230. The molecule has 0 spiro atoms. The van der Waals surface area contributed by atoms with Crippen LogP contribution in [0.25, 0.3) is 0 Å². The zero-order valence-electron chi connectivity index (χ0n) is 16.2. The number of nitrogens with zero attached hydrogens (tertiary/aromatic N) is 1. The fraction of sp³-hybridized carbons (Fsp3) is 0.550. The van der Waals surface area contributed by atoms with Crippen LogP contribution in [0.15, 0.2) is 24.3 Å². The van der Waals surface area contributed by atoms with Crippen LogP contribution in [0.5, 0.6) is 0 Å². The first kappa shape index (κ1) is 20.7. The SMILES string of the molecule is CCC(C)C(NC(N)=O)C(=O)NCc1ccc(C(=O)N2CCCCC2)cc1. The van der Waals surface area contributed by atoms with Crippen LogP contribution in [0.3, 0.4) is 0 Å². The highest BCUT2D eigenvalue weighted by molar-refractivity contribution is 5.94. The van der Waals surface area contributed by atoms with Crippen LogP contribution in [0.2, 0.25) is 0 Å². The van der Waals surface area contributed by atoms with Crippen LogP contribution in [0, 0.1) is 5.92 Å². The summed E-state index contributed by atoms with van der Waals surface area (Å²) in [7, 11) is 0. The molecule has 2 rings (SSSR count). The van der Waals surface area contributed by atoms with E-state index in [-0.39, 0.29) is 17.7 Å². The molecule has 27 heavy (non-hydrogen) atoms. The Morgan fingerprint density at radius 2 is 1.74 bits per heavy atom. The van der Waals surface area contributed by atoms with Crippen molar-refractivity contribution in [2.45, 2.75) is 52.1 Å². The van der Waals surface area contributed by atoms with Crippen molar-refractivity contribution in [1.82, 2.24) is 15.5 Å². The number of rotatable bonds is 7. The van der Waals surface area contributed by atoms with Crippen LogP contribution in [-0.2, 0) is 11.3 Å². The Hall–Kier alpha value is -2.57. The highest BCUT2D eigenvalue weighted by Gasteiger charge is 2.25. The van der Waals surface area contributed by atoms with E-state index in [1.807, 2.05) is 30.9 Å². The Balaban J connectivity index is 1.92. The van der Waals surface area contributed by atoms with E-state index in [2.05, 4.69) is 10.6 Å². The molecule has 1 aliphatic heterocycles. The molecule has 0 bridgehead atoms. The maximum absolute atomic E-state index is 12.5. The third kappa shape index (κ3) is 5.98. The van der Waals surface area contributed by atoms with Crippen LogP contribution < -0.4 is 16.4 Å². The first-order valence-electron chi connectivity index (χ1n) is 9.64. The van der Waals surface area contributed by atoms with Crippen molar-refractivity contribution in [2.24, 2.45) is 11.7 Å². The van der Waals surface area contributed by atoms with Crippen molar-refractivity contribution in [3.8, 4) is 0 Å². The number of hydrogen-bond donors (Lipinski definition) is 3. The van der Waals surface area contributed by atoms with Gasteiger partial charge in [-0.3, -0.25) is 9.59 Å². The largest absolute Gasteiger partial charge is 0.352 e. The van der Waals surface area contributed by atoms with Gasteiger partial charge in [0.2, 0.25) is 5.91 Å². The predicted molar refractivity (Wildman–Crippen MR) is 104 cm³/mol. The topological polar surface area (TPSA) is 105 Å². The van der Waals surface area contributed by atoms with Crippen molar-refractivity contribution in [3.05, 3.63) is 35.4 Å². The van der Waals surface area contributed by atoms with Gasteiger partial charge in [-0.2, -0.15) is 0 Å². The minimum Gasteiger partial charge on any atom is -0.352 e. The maximum Gasteiger partial charge on any atom is 0.312 e. The van der Waals surface area contributed by atoms with E-state index in [4.69, 9.17) is 5.73 Å². The summed E-state index contributed by atoms with van der Waals surface area (Å²) >= 11 is 0. The van der Waals surface area contributed by atoms with E-state index in [9.17, 15) is 14.4 Å². The van der Waals surface area contributed by atoms with E-state index in [1.54, 1.807) is 12.1 Å². The minimum atomic E-state index is -0.712. The highest BCUT2D eigenvalue weighted by atomic mass is 16.2. The molecule has 7 nitrogen and oxygen atoms in total. The van der Waals surface area contributed by atoms with Crippen LogP contribution in [0.1, 0.15) is 55.5 Å². The van der Waals surface area contributed by atoms with Gasteiger partial charge >= 0.3 is 6.03 Å². The summed E-state index contributed by atoms with van der Waals surface area (Å²) in [6.07, 6.45) is 4.05. The number of amides is 4. The predicted octanol–water partition coefficient (Wildman–Crippen LogP) is 2.01. The summed E-state index contributed by atoms with van der Waals surface area (Å²) in [5.41, 5.74) is 6.73. The van der Waals surface area contributed by atoms with Crippen LogP contribution in [-0.4, -0.2) is 41.9 Å². The van der Waals surface area contributed by atoms with E-state index in [1.165, 1.54) is 6.42 Å². The normalized spacial score (nSPS) is 16.3. The molecule has 1 aromatic rings. The summed E-state index contributed by atoms with van der Waals surface area (Å²) in [6, 6.07) is 5.91. The Labute approximate surface area is 160 Å². The van der Waals surface area contributed by atoms with Gasteiger partial charge in [-0.05, 0) is 42.9 Å². The van der Waals surface area contributed by atoms with Gasteiger partial charge in [-0.15, -0.1) is 0 Å². The third-order valence-electron chi connectivity index (χ3n) is 5.10. The lowest BCUT2D eigenvalue weighted by atomic mass is 9.98. The van der Waals surface area contributed by atoms with E-state index in [0.717, 1.165) is 37.9 Å². The molecular formula is C20H30N4O3. The molecule has 1 heterocycles. The van der Waals surface area contributed by atoms with Gasteiger partial charge in [-0.1, -0.05) is 32.4 Å². The fourth-order valence-corrected chi connectivity index (χ4v) is 3.20. The molecule has 0 radical (unpaired) electrons. The van der Waals surface area contributed by atoms with Crippen molar-refractivity contribution in [2.75, 3.05) is 13.1 Å². The van der Waals surface area contributed by atoms with Crippen LogP contribution in [0.4, 0.5) is 4.79 Å². The molecule has 7 heteroatoms. The lowest BCUT2D eigenvalue weighted by Crippen LogP contribution is -2.51. The molecule has 4 N–H and O–H groups in total. The molecule has 0 aromatic heterocycles. The van der Waals surface area contributed by atoms with Gasteiger partial charge < -0.3 is 21.3 Å². The van der Waals surface area contributed by atoms with Gasteiger partial charge in [0, 0.05) is 25.2 Å². The number of nitrogens with two attached hydrogens (primary N) is 1. The van der Waals surface area contributed by atoms with Gasteiger partial charge in [0.25, 0.3) is 5.91 Å². The Bertz CT molecular complexity index is 654. The second-order valence-corrected chi connectivity index (χ2v) is 7.14. The minimum absolute atomic E-state index is 0.0259. The molecule has 4 amide bonds. The number of benzene rings is 1. The third-order valence-corrected chi connectivity index (χ3v) is 5.10. The van der Waals surface area contributed by atoms with E-state index < -0.39 is 12.1 Å². The van der Waals surface area contributed by atoms with Crippen molar-refractivity contribution < 1.29 is 14.4 Å². The molecule has 1 aromatic carbocycles. The monoisotopic (exact) mass is 374 g/mol.